The molecule has 1 aliphatic rings. The lowest BCUT2D eigenvalue weighted by Gasteiger charge is -2.22. The van der Waals surface area contributed by atoms with Crippen molar-refractivity contribution < 1.29 is 9.47 Å². The lowest BCUT2D eigenvalue weighted by molar-refractivity contribution is 0.172. The van der Waals surface area contributed by atoms with Crippen molar-refractivity contribution in [2.45, 2.75) is 6.92 Å². The molecule has 0 spiro atoms. The Labute approximate surface area is 111 Å². The molecule has 0 unspecified atom stereocenters. The average Bonchev–Trinajstić information content (AvgIpc) is 2.38. The van der Waals surface area contributed by atoms with E-state index in [2.05, 4.69) is 19.1 Å². The molecule has 0 fully saturated rings. The molecule has 0 saturated carbocycles. The van der Waals surface area contributed by atoms with Crippen molar-refractivity contribution in [2.24, 2.45) is 0 Å². The largest absolute Gasteiger partial charge is 0.486 e. The van der Waals surface area contributed by atoms with Crippen LogP contribution in [-0.4, -0.2) is 13.2 Å². The van der Waals surface area contributed by atoms with Gasteiger partial charge in [-0.2, -0.15) is 0 Å². The zero-order valence-corrected chi connectivity index (χ0v) is 10.8. The van der Waals surface area contributed by atoms with Crippen molar-refractivity contribution >= 4 is 11.6 Å². The van der Waals surface area contributed by atoms with E-state index in [9.17, 15) is 0 Å². The van der Waals surface area contributed by atoms with Gasteiger partial charge in [-0.05, 0) is 24.1 Å². The van der Waals surface area contributed by atoms with Gasteiger partial charge in [0.1, 0.15) is 13.2 Å². The Morgan fingerprint density at radius 1 is 1.00 bits per heavy atom. The first-order valence-electron chi connectivity index (χ1n) is 5.91. The SMILES string of the molecule is Cc1ccccc1-c1cc(Cl)cc2c1OCCO2. The Hall–Kier alpha value is -1.67. The van der Waals surface area contributed by atoms with E-state index in [1.54, 1.807) is 6.07 Å². The van der Waals surface area contributed by atoms with Gasteiger partial charge >= 0.3 is 0 Å². The molecule has 0 radical (unpaired) electrons. The quantitative estimate of drug-likeness (QED) is 0.769. The molecule has 1 heterocycles. The molecule has 2 aromatic rings. The first-order chi connectivity index (χ1) is 8.75. The average molecular weight is 261 g/mol. The van der Waals surface area contributed by atoms with E-state index in [4.69, 9.17) is 21.1 Å². The van der Waals surface area contributed by atoms with Crippen molar-refractivity contribution in [3.05, 3.63) is 47.0 Å². The molecule has 2 nitrogen and oxygen atoms in total. The summed E-state index contributed by atoms with van der Waals surface area (Å²) in [6, 6.07) is 11.9. The first-order valence-corrected chi connectivity index (χ1v) is 6.28. The molecule has 0 amide bonds. The second-order valence-corrected chi connectivity index (χ2v) is 4.73. The highest BCUT2D eigenvalue weighted by Crippen LogP contribution is 2.43. The molecule has 1 aliphatic heterocycles. The van der Waals surface area contributed by atoms with E-state index >= 15 is 0 Å². The van der Waals surface area contributed by atoms with E-state index in [-0.39, 0.29) is 0 Å². The van der Waals surface area contributed by atoms with Crippen LogP contribution >= 0.6 is 11.6 Å². The zero-order chi connectivity index (χ0) is 12.5. The number of hydrogen-bond donors (Lipinski definition) is 0. The van der Waals surface area contributed by atoms with Crippen molar-refractivity contribution in [1.29, 1.82) is 0 Å². The number of fused-ring (bicyclic) bond motifs is 1. The molecule has 3 heteroatoms. The number of halogens is 1. The van der Waals surface area contributed by atoms with Crippen molar-refractivity contribution in [3.63, 3.8) is 0 Å². The predicted molar refractivity (Wildman–Crippen MR) is 72.6 cm³/mol. The van der Waals surface area contributed by atoms with E-state index in [0.717, 1.165) is 22.6 Å². The number of rotatable bonds is 1. The summed E-state index contributed by atoms with van der Waals surface area (Å²) in [6.07, 6.45) is 0. The number of aryl methyl sites for hydroxylation is 1. The standard InChI is InChI=1S/C15H13ClO2/c1-10-4-2-3-5-12(10)13-8-11(16)9-14-15(13)18-7-6-17-14/h2-5,8-9H,6-7H2,1H3. The Balaban J connectivity index is 2.23. The second-order valence-electron chi connectivity index (χ2n) is 4.29. The smallest absolute Gasteiger partial charge is 0.169 e. The highest BCUT2D eigenvalue weighted by Gasteiger charge is 2.19. The summed E-state index contributed by atoms with van der Waals surface area (Å²) in [6.45, 7) is 3.22. The summed E-state index contributed by atoms with van der Waals surface area (Å²) in [5, 5.41) is 0.664. The van der Waals surface area contributed by atoms with Gasteiger partial charge in [0.15, 0.2) is 11.5 Å². The summed E-state index contributed by atoms with van der Waals surface area (Å²) in [5.74, 6) is 1.52. The number of hydrogen-bond acceptors (Lipinski definition) is 2. The third kappa shape index (κ3) is 1.93. The molecular formula is C15H13ClO2. The molecule has 0 bridgehead atoms. The van der Waals surface area contributed by atoms with Crippen molar-refractivity contribution in [3.8, 4) is 22.6 Å². The molecule has 3 rings (SSSR count). The minimum atomic E-state index is 0.570. The third-order valence-corrected chi connectivity index (χ3v) is 3.26. The van der Waals surface area contributed by atoms with Gasteiger partial charge in [0, 0.05) is 16.7 Å². The van der Waals surface area contributed by atoms with Crippen LogP contribution in [0.2, 0.25) is 5.02 Å². The highest BCUT2D eigenvalue weighted by molar-refractivity contribution is 6.31. The minimum Gasteiger partial charge on any atom is -0.486 e. The normalized spacial score (nSPS) is 13.4. The number of benzene rings is 2. The maximum absolute atomic E-state index is 6.15. The summed E-state index contributed by atoms with van der Waals surface area (Å²) in [5.41, 5.74) is 3.31. The third-order valence-electron chi connectivity index (χ3n) is 3.04. The van der Waals surface area contributed by atoms with Gasteiger partial charge < -0.3 is 9.47 Å². The molecule has 0 atom stereocenters. The van der Waals surface area contributed by atoms with Gasteiger partial charge in [-0.15, -0.1) is 0 Å². The van der Waals surface area contributed by atoms with Crippen LogP contribution in [0.1, 0.15) is 5.56 Å². The second kappa shape index (κ2) is 4.54. The van der Waals surface area contributed by atoms with Crippen molar-refractivity contribution in [2.75, 3.05) is 13.2 Å². The van der Waals surface area contributed by atoms with E-state index in [1.807, 2.05) is 18.2 Å². The molecule has 0 aliphatic carbocycles. The van der Waals surface area contributed by atoms with Crippen LogP contribution in [0, 0.1) is 6.92 Å². The Kier molecular flexibility index (Phi) is 2.88. The van der Waals surface area contributed by atoms with Crippen LogP contribution in [0.25, 0.3) is 11.1 Å². The van der Waals surface area contributed by atoms with Crippen LogP contribution in [0.15, 0.2) is 36.4 Å². The van der Waals surface area contributed by atoms with Gasteiger partial charge in [0.2, 0.25) is 0 Å². The summed E-state index contributed by atoms with van der Waals surface area (Å²) in [7, 11) is 0. The molecule has 0 N–H and O–H groups in total. The van der Waals surface area contributed by atoms with Crippen LogP contribution in [0.4, 0.5) is 0 Å². The molecular weight excluding hydrogens is 248 g/mol. The summed E-state index contributed by atoms with van der Waals surface area (Å²) < 4.78 is 11.3. The van der Waals surface area contributed by atoms with Gasteiger partial charge in [0.25, 0.3) is 0 Å². The van der Waals surface area contributed by atoms with Crippen LogP contribution in [0.5, 0.6) is 11.5 Å². The maximum Gasteiger partial charge on any atom is 0.169 e. The number of ether oxygens (including phenoxy) is 2. The van der Waals surface area contributed by atoms with Crippen LogP contribution < -0.4 is 9.47 Å². The molecule has 0 aromatic heterocycles. The summed E-state index contributed by atoms with van der Waals surface area (Å²) in [4.78, 5) is 0. The van der Waals surface area contributed by atoms with E-state index in [0.29, 0.717) is 18.2 Å². The highest BCUT2D eigenvalue weighted by atomic mass is 35.5. The summed E-state index contributed by atoms with van der Waals surface area (Å²) >= 11 is 6.15. The predicted octanol–water partition coefficient (Wildman–Crippen LogP) is 4.09. The van der Waals surface area contributed by atoms with Crippen molar-refractivity contribution in [1.82, 2.24) is 0 Å². The van der Waals surface area contributed by atoms with E-state index < -0.39 is 0 Å². The molecule has 2 aromatic carbocycles. The molecule has 18 heavy (non-hydrogen) atoms. The fourth-order valence-electron chi connectivity index (χ4n) is 2.20. The van der Waals surface area contributed by atoms with Gasteiger partial charge in [-0.3, -0.25) is 0 Å². The van der Waals surface area contributed by atoms with Crippen LogP contribution in [-0.2, 0) is 0 Å². The fourth-order valence-corrected chi connectivity index (χ4v) is 2.40. The van der Waals surface area contributed by atoms with E-state index in [1.165, 1.54) is 5.56 Å². The fraction of sp³-hybridized carbons (Fsp3) is 0.200. The van der Waals surface area contributed by atoms with Crippen LogP contribution in [0.3, 0.4) is 0 Å². The Morgan fingerprint density at radius 2 is 1.78 bits per heavy atom. The first kappa shape index (κ1) is 11.4. The lowest BCUT2D eigenvalue weighted by Crippen LogP contribution is -2.16. The van der Waals surface area contributed by atoms with Gasteiger partial charge in [-0.1, -0.05) is 35.9 Å². The molecule has 92 valence electrons. The van der Waals surface area contributed by atoms with Gasteiger partial charge in [-0.25, -0.2) is 0 Å². The zero-order valence-electron chi connectivity index (χ0n) is 10.1. The topological polar surface area (TPSA) is 18.5 Å². The minimum absolute atomic E-state index is 0.570. The Morgan fingerprint density at radius 3 is 2.61 bits per heavy atom. The lowest BCUT2D eigenvalue weighted by atomic mass is 9.99. The Bertz CT molecular complexity index is 593. The van der Waals surface area contributed by atoms with Gasteiger partial charge in [0.05, 0.1) is 0 Å². The monoisotopic (exact) mass is 260 g/mol. The molecule has 0 saturated heterocycles. The maximum atomic E-state index is 6.15.